The second kappa shape index (κ2) is 8.03. The molecular formula is C22H23F5N8O. The van der Waals surface area contributed by atoms with Gasteiger partial charge in [-0.2, -0.15) is 27.1 Å². The van der Waals surface area contributed by atoms with Crippen LogP contribution in [-0.4, -0.2) is 47.7 Å². The van der Waals surface area contributed by atoms with Gasteiger partial charge in [0.05, 0.1) is 22.6 Å². The Hall–Kier alpha value is -3.45. The fraction of sp³-hybridized carbons (Fsp3) is 0.545. The summed E-state index contributed by atoms with van der Waals surface area (Å²) in [6, 6.07) is 0. The number of anilines is 2. The number of nitrogens with one attached hydrogen (secondary N) is 1. The van der Waals surface area contributed by atoms with E-state index in [1.165, 1.54) is 17.9 Å². The van der Waals surface area contributed by atoms with Gasteiger partial charge >= 0.3 is 12.1 Å². The predicted octanol–water partition coefficient (Wildman–Crippen LogP) is 3.93. The lowest BCUT2D eigenvalue weighted by Gasteiger charge is -2.22. The molecule has 0 radical (unpaired) electrons. The van der Waals surface area contributed by atoms with E-state index in [0.717, 1.165) is 19.3 Å². The van der Waals surface area contributed by atoms with E-state index in [1.807, 2.05) is 0 Å². The van der Waals surface area contributed by atoms with E-state index >= 15 is 0 Å². The summed E-state index contributed by atoms with van der Waals surface area (Å²) in [5, 5.41) is 7.18. The van der Waals surface area contributed by atoms with Crippen LogP contribution in [0.5, 0.6) is 0 Å². The lowest BCUT2D eigenvalue weighted by molar-refractivity contribution is -0.284. The maximum absolute atomic E-state index is 13.5. The number of alkyl halides is 5. The molecule has 1 fully saturated rings. The number of nitrogens with two attached hydrogens (primary N) is 1. The van der Waals surface area contributed by atoms with Gasteiger partial charge in [0.1, 0.15) is 23.2 Å². The number of fused-ring (bicyclic) bond motifs is 2. The van der Waals surface area contributed by atoms with Gasteiger partial charge in [0.15, 0.2) is 11.5 Å². The van der Waals surface area contributed by atoms with Crippen molar-refractivity contribution in [3.63, 3.8) is 0 Å². The molecule has 9 nitrogen and oxygen atoms in total. The van der Waals surface area contributed by atoms with Crippen LogP contribution in [0, 0.1) is 5.92 Å². The van der Waals surface area contributed by atoms with Gasteiger partial charge in [0, 0.05) is 19.9 Å². The number of rotatable bonds is 7. The Morgan fingerprint density at radius 3 is 2.56 bits per heavy atom. The lowest BCUT2D eigenvalue weighted by Crippen LogP contribution is -2.36. The van der Waals surface area contributed by atoms with E-state index in [0.29, 0.717) is 23.3 Å². The number of nitrogens with zero attached hydrogens (tertiary/aromatic N) is 6. The molecule has 3 N–H and O–H groups in total. The SMILES string of the molecule is Cn1ncc2c(-c3nc(N)c4c(n3)NC(=O)C4(C)CCC3CC3)nc(CCC(F)(F)C(F)(F)F)nc21. The molecule has 2 aliphatic rings. The molecule has 1 amide bonds. The Labute approximate surface area is 201 Å². The highest BCUT2D eigenvalue weighted by atomic mass is 19.4. The number of halogens is 5. The second-order valence-electron chi connectivity index (χ2n) is 9.62. The largest absolute Gasteiger partial charge is 0.453 e. The van der Waals surface area contributed by atoms with Gasteiger partial charge in [-0.3, -0.25) is 9.48 Å². The van der Waals surface area contributed by atoms with Crippen LogP contribution in [0.25, 0.3) is 22.6 Å². The van der Waals surface area contributed by atoms with Crippen molar-refractivity contribution in [3.05, 3.63) is 17.6 Å². The molecule has 0 spiro atoms. The first-order valence-corrected chi connectivity index (χ1v) is 11.4. The summed E-state index contributed by atoms with van der Waals surface area (Å²) in [4.78, 5) is 30.0. The standard InChI is InChI=1S/C22H23F5N8O/c1-20(7-5-10-3-4-10)13-15(28)32-17(33-16(13)34-19(20)36)14-11-9-29-35(2)18(11)31-12(30-14)6-8-21(23,24)22(25,26)27/h9-10H,3-8H2,1-2H3,(H3,28,32,33,34,36). The number of amides is 1. The van der Waals surface area contributed by atoms with Gasteiger partial charge in [-0.25, -0.2) is 19.9 Å². The van der Waals surface area contributed by atoms with Crippen LogP contribution >= 0.6 is 0 Å². The van der Waals surface area contributed by atoms with Crippen molar-refractivity contribution in [1.29, 1.82) is 0 Å². The highest BCUT2D eigenvalue weighted by molar-refractivity contribution is 6.06. The zero-order chi connectivity index (χ0) is 26.0. The van der Waals surface area contributed by atoms with Gasteiger partial charge < -0.3 is 11.1 Å². The normalized spacial score (nSPS) is 20.1. The van der Waals surface area contributed by atoms with Gasteiger partial charge in [0.25, 0.3) is 0 Å². The molecule has 5 rings (SSSR count). The Bertz CT molecular complexity index is 1370. The number of hydrogen-bond acceptors (Lipinski definition) is 7. The van der Waals surface area contributed by atoms with Crippen molar-refractivity contribution < 1.29 is 26.7 Å². The zero-order valence-electron chi connectivity index (χ0n) is 19.5. The smallest absolute Gasteiger partial charge is 0.383 e. The summed E-state index contributed by atoms with van der Waals surface area (Å²) in [5.74, 6) is -4.55. The van der Waals surface area contributed by atoms with Crippen molar-refractivity contribution in [2.45, 2.75) is 63.0 Å². The van der Waals surface area contributed by atoms with Crippen molar-refractivity contribution in [1.82, 2.24) is 29.7 Å². The van der Waals surface area contributed by atoms with E-state index in [1.54, 1.807) is 6.92 Å². The molecule has 1 saturated carbocycles. The minimum atomic E-state index is -5.69. The molecule has 1 aliphatic carbocycles. The third-order valence-electron chi connectivity index (χ3n) is 6.90. The maximum Gasteiger partial charge on any atom is 0.453 e. The molecule has 0 bridgehead atoms. The molecule has 1 aliphatic heterocycles. The molecule has 0 aromatic carbocycles. The molecule has 0 saturated heterocycles. The van der Waals surface area contributed by atoms with Crippen LogP contribution < -0.4 is 11.1 Å². The zero-order valence-corrected chi connectivity index (χ0v) is 19.5. The number of nitrogen functional groups attached to an aromatic ring is 1. The second-order valence-corrected chi connectivity index (χ2v) is 9.62. The predicted molar refractivity (Wildman–Crippen MR) is 119 cm³/mol. The van der Waals surface area contributed by atoms with Crippen LogP contribution in [0.3, 0.4) is 0 Å². The third-order valence-corrected chi connectivity index (χ3v) is 6.90. The number of carbonyl (C=O) groups excluding carboxylic acids is 1. The molecule has 1 unspecified atom stereocenters. The van der Waals surface area contributed by atoms with E-state index in [9.17, 15) is 26.7 Å². The van der Waals surface area contributed by atoms with Gasteiger partial charge in [-0.15, -0.1) is 0 Å². The highest BCUT2D eigenvalue weighted by Crippen LogP contribution is 2.46. The van der Waals surface area contributed by atoms with Crippen molar-refractivity contribution in [2.24, 2.45) is 13.0 Å². The van der Waals surface area contributed by atoms with Gasteiger partial charge in [-0.05, 0) is 25.7 Å². The van der Waals surface area contributed by atoms with Crippen LogP contribution in [0.1, 0.15) is 50.4 Å². The van der Waals surface area contributed by atoms with Crippen molar-refractivity contribution >= 4 is 28.6 Å². The van der Waals surface area contributed by atoms with Gasteiger partial charge in [0.2, 0.25) is 5.91 Å². The number of hydrogen-bond donors (Lipinski definition) is 2. The Morgan fingerprint density at radius 1 is 1.17 bits per heavy atom. The van der Waals surface area contributed by atoms with E-state index in [2.05, 4.69) is 30.4 Å². The summed E-state index contributed by atoms with van der Waals surface area (Å²) in [6.45, 7) is 1.79. The first-order chi connectivity index (χ1) is 16.8. The highest BCUT2D eigenvalue weighted by Gasteiger charge is 2.56. The first-order valence-electron chi connectivity index (χ1n) is 11.4. The summed E-state index contributed by atoms with van der Waals surface area (Å²) in [7, 11) is 1.54. The van der Waals surface area contributed by atoms with Crippen LogP contribution in [0.15, 0.2) is 6.20 Å². The Morgan fingerprint density at radius 2 is 1.89 bits per heavy atom. The Balaban J connectivity index is 1.54. The lowest BCUT2D eigenvalue weighted by atomic mass is 9.79. The quantitative estimate of drug-likeness (QED) is 0.462. The monoisotopic (exact) mass is 510 g/mol. The summed E-state index contributed by atoms with van der Waals surface area (Å²) in [6.07, 6.45) is -2.82. The van der Waals surface area contributed by atoms with Gasteiger partial charge in [-0.1, -0.05) is 12.8 Å². The van der Waals surface area contributed by atoms with Crippen LogP contribution in [0.2, 0.25) is 0 Å². The maximum atomic E-state index is 13.5. The molecule has 3 aromatic heterocycles. The molecular weight excluding hydrogens is 487 g/mol. The topological polar surface area (TPSA) is 124 Å². The molecule has 1 atom stereocenters. The molecule has 192 valence electrons. The average Bonchev–Trinajstić information content (AvgIpc) is 3.50. The summed E-state index contributed by atoms with van der Waals surface area (Å²) in [5.41, 5.74) is 6.14. The van der Waals surface area contributed by atoms with Crippen molar-refractivity contribution in [3.8, 4) is 11.5 Å². The van der Waals surface area contributed by atoms with E-state index in [4.69, 9.17) is 5.73 Å². The minimum Gasteiger partial charge on any atom is -0.383 e. The summed E-state index contributed by atoms with van der Waals surface area (Å²) >= 11 is 0. The average molecular weight is 510 g/mol. The Kier molecular flexibility index (Phi) is 5.41. The molecule has 14 heteroatoms. The van der Waals surface area contributed by atoms with Crippen LogP contribution in [0.4, 0.5) is 33.6 Å². The number of aromatic nitrogens is 6. The fourth-order valence-electron chi connectivity index (χ4n) is 4.48. The molecule has 3 aromatic rings. The first kappa shape index (κ1) is 24.3. The minimum absolute atomic E-state index is 0.0257. The van der Waals surface area contributed by atoms with E-state index < -0.39 is 30.4 Å². The fourth-order valence-corrected chi connectivity index (χ4v) is 4.48. The van der Waals surface area contributed by atoms with Crippen LogP contribution in [-0.2, 0) is 23.7 Å². The number of carbonyl (C=O) groups is 1. The molecule has 4 heterocycles. The van der Waals surface area contributed by atoms with Crippen molar-refractivity contribution in [2.75, 3.05) is 11.1 Å². The molecule has 36 heavy (non-hydrogen) atoms. The van der Waals surface area contributed by atoms with E-state index in [-0.39, 0.29) is 40.5 Å². The third kappa shape index (κ3) is 4.01. The number of aryl methyl sites for hydroxylation is 2. The summed E-state index contributed by atoms with van der Waals surface area (Å²) < 4.78 is 66.3.